The van der Waals surface area contributed by atoms with E-state index < -0.39 is 11.2 Å². The number of methoxy groups -OCH3 is 1. The molecule has 11 nitrogen and oxygen atoms in total. The Morgan fingerprint density at radius 3 is 2.74 bits per heavy atom. The van der Waals surface area contributed by atoms with Gasteiger partial charge in [-0.3, -0.25) is 28.6 Å². The highest BCUT2D eigenvalue weighted by molar-refractivity contribution is 7.22. The summed E-state index contributed by atoms with van der Waals surface area (Å²) in [6.45, 7) is 0.0796. The molecule has 0 aliphatic heterocycles. The van der Waals surface area contributed by atoms with Gasteiger partial charge in [-0.15, -0.1) is 0 Å². The van der Waals surface area contributed by atoms with Gasteiger partial charge >= 0.3 is 5.69 Å². The Kier molecular flexibility index (Phi) is 5.65. The van der Waals surface area contributed by atoms with Gasteiger partial charge in [0.2, 0.25) is 5.91 Å². The average Bonchev–Trinajstić information content (AvgIpc) is 3.49. The van der Waals surface area contributed by atoms with Crippen LogP contribution in [0.25, 0.3) is 21.4 Å². The number of aryl methyl sites for hydroxylation is 1. The van der Waals surface area contributed by atoms with E-state index in [9.17, 15) is 14.4 Å². The lowest BCUT2D eigenvalue weighted by atomic mass is 10.2. The fourth-order valence-electron chi connectivity index (χ4n) is 3.82. The summed E-state index contributed by atoms with van der Waals surface area (Å²) in [5.41, 5.74) is 0.967. The lowest BCUT2D eigenvalue weighted by Gasteiger charge is -2.20. The van der Waals surface area contributed by atoms with Crippen molar-refractivity contribution in [2.24, 2.45) is 14.1 Å². The van der Waals surface area contributed by atoms with E-state index in [1.165, 1.54) is 40.9 Å². The number of aromatic nitrogens is 6. The van der Waals surface area contributed by atoms with E-state index in [-0.39, 0.29) is 30.2 Å². The number of thiazole rings is 1. The van der Waals surface area contributed by atoms with Crippen LogP contribution in [0.4, 0.5) is 5.13 Å². The molecule has 0 N–H and O–H groups in total. The summed E-state index contributed by atoms with van der Waals surface area (Å²) >= 11 is 1.37. The van der Waals surface area contributed by atoms with Gasteiger partial charge in [0.15, 0.2) is 16.3 Å². The van der Waals surface area contributed by atoms with Gasteiger partial charge in [0.05, 0.1) is 30.2 Å². The number of nitrogens with zero attached hydrogens (tertiary/aromatic N) is 7. The summed E-state index contributed by atoms with van der Waals surface area (Å²) in [5.74, 6) is 0.402. The van der Waals surface area contributed by atoms with Gasteiger partial charge in [0.1, 0.15) is 12.3 Å². The van der Waals surface area contributed by atoms with Gasteiger partial charge in [-0.1, -0.05) is 17.4 Å². The Bertz CT molecular complexity index is 1680. The Balaban J connectivity index is 1.56. The number of imidazole rings is 1. The fourth-order valence-corrected chi connectivity index (χ4v) is 4.83. The van der Waals surface area contributed by atoms with E-state index in [4.69, 9.17) is 4.74 Å². The molecule has 0 saturated heterocycles. The Hall–Kier alpha value is -4.32. The monoisotopic (exact) mass is 491 g/mol. The molecular formula is C23H21N7O4S. The number of carbonyl (C=O) groups is 1. The lowest BCUT2D eigenvalue weighted by molar-refractivity contribution is -0.119. The van der Waals surface area contributed by atoms with E-state index in [1.54, 1.807) is 30.5 Å². The molecule has 0 bridgehead atoms. The van der Waals surface area contributed by atoms with E-state index in [0.717, 1.165) is 20.3 Å². The molecule has 0 spiro atoms. The third kappa shape index (κ3) is 3.97. The van der Waals surface area contributed by atoms with Crippen LogP contribution in [0, 0.1) is 0 Å². The summed E-state index contributed by atoms with van der Waals surface area (Å²) in [4.78, 5) is 53.3. The van der Waals surface area contributed by atoms with Crippen LogP contribution in [0.15, 0.2) is 58.6 Å². The molecule has 4 heterocycles. The molecule has 35 heavy (non-hydrogen) atoms. The first-order chi connectivity index (χ1) is 16.9. The molecule has 0 aliphatic carbocycles. The molecule has 5 aromatic rings. The van der Waals surface area contributed by atoms with Crippen LogP contribution in [0.1, 0.15) is 5.56 Å². The Morgan fingerprint density at radius 1 is 1.17 bits per heavy atom. The zero-order valence-electron chi connectivity index (χ0n) is 19.2. The van der Waals surface area contributed by atoms with Crippen LogP contribution in [0.3, 0.4) is 0 Å². The number of anilines is 1. The van der Waals surface area contributed by atoms with E-state index >= 15 is 0 Å². The predicted molar refractivity (Wildman–Crippen MR) is 132 cm³/mol. The lowest BCUT2D eigenvalue weighted by Crippen LogP contribution is -2.38. The molecule has 0 atom stereocenters. The van der Waals surface area contributed by atoms with E-state index in [1.807, 2.05) is 24.3 Å². The molecule has 0 aliphatic rings. The standard InChI is InChI=1S/C23H21N7O4S/c1-27-20-19(21(32)28(2)23(27)33)29(13-25-20)12-18(31)30(11-14-5-4-8-24-10-14)22-26-16-7-6-15(34-3)9-17(16)35-22/h4-10,13H,11-12H2,1-3H3. The second-order valence-electron chi connectivity index (χ2n) is 7.92. The maximum Gasteiger partial charge on any atom is 0.332 e. The minimum Gasteiger partial charge on any atom is -0.497 e. The molecule has 0 fully saturated rings. The minimum absolute atomic E-state index is 0.163. The van der Waals surface area contributed by atoms with Gasteiger partial charge in [-0.05, 0) is 29.8 Å². The number of fused-ring (bicyclic) bond motifs is 2. The average molecular weight is 492 g/mol. The van der Waals surface area contributed by atoms with E-state index in [0.29, 0.717) is 10.9 Å². The van der Waals surface area contributed by atoms with Crippen LogP contribution < -0.4 is 20.9 Å². The third-order valence-corrected chi connectivity index (χ3v) is 6.74. The number of pyridine rings is 1. The van der Waals surface area contributed by atoms with Gasteiger partial charge in [0, 0.05) is 26.5 Å². The molecule has 4 aromatic heterocycles. The summed E-state index contributed by atoms with van der Waals surface area (Å²) < 4.78 is 9.93. The first kappa shape index (κ1) is 22.5. The fraction of sp³-hybridized carbons (Fsp3) is 0.217. The first-order valence-corrected chi connectivity index (χ1v) is 11.4. The summed E-state index contributed by atoms with van der Waals surface area (Å²) in [7, 11) is 4.53. The molecule has 178 valence electrons. The van der Waals surface area contributed by atoms with Crippen LogP contribution in [0.2, 0.25) is 0 Å². The second-order valence-corrected chi connectivity index (χ2v) is 8.93. The third-order valence-electron chi connectivity index (χ3n) is 5.70. The Labute approximate surface area is 202 Å². The van der Waals surface area contributed by atoms with Crippen molar-refractivity contribution >= 4 is 43.8 Å². The topological polar surface area (TPSA) is 117 Å². The van der Waals surface area contributed by atoms with Crippen molar-refractivity contribution in [2.75, 3.05) is 12.0 Å². The molecule has 0 unspecified atom stereocenters. The minimum atomic E-state index is -0.515. The normalized spacial score (nSPS) is 11.3. The highest BCUT2D eigenvalue weighted by Crippen LogP contribution is 2.32. The second kappa shape index (κ2) is 8.80. The summed E-state index contributed by atoms with van der Waals surface area (Å²) in [6, 6.07) is 9.21. The van der Waals surface area contributed by atoms with Crippen molar-refractivity contribution in [2.45, 2.75) is 13.1 Å². The smallest absolute Gasteiger partial charge is 0.332 e. The molecule has 0 saturated carbocycles. The molecule has 0 radical (unpaired) electrons. The van der Waals surface area contributed by atoms with E-state index in [2.05, 4.69) is 15.0 Å². The van der Waals surface area contributed by atoms with Gasteiger partial charge < -0.3 is 9.30 Å². The predicted octanol–water partition coefficient (Wildman–Crippen LogP) is 1.68. The number of hydrogen-bond donors (Lipinski definition) is 0. The first-order valence-electron chi connectivity index (χ1n) is 10.6. The van der Waals surface area contributed by atoms with Gasteiger partial charge in [-0.25, -0.2) is 14.8 Å². The molecule has 1 amide bonds. The van der Waals surface area contributed by atoms with Crippen LogP contribution in [0.5, 0.6) is 5.75 Å². The highest BCUT2D eigenvalue weighted by atomic mass is 32.1. The number of hydrogen-bond acceptors (Lipinski definition) is 8. The number of amides is 1. The molecule has 5 rings (SSSR count). The SMILES string of the molecule is COc1ccc2nc(N(Cc3cccnc3)C(=O)Cn3cnc4c3c(=O)n(C)c(=O)n4C)sc2c1. The van der Waals surface area contributed by atoms with Crippen molar-refractivity contribution in [1.29, 1.82) is 0 Å². The zero-order chi connectivity index (χ0) is 24.7. The van der Waals surface area contributed by atoms with Crippen molar-refractivity contribution < 1.29 is 9.53 Å². The van der Waals surface area contributed by atoms with Crippen LogP contribution in [-0.4, -0.2) is 41.7 Å². The maximum absolute atomic E-state index is 13.6. The molecular weight excluding hydrogens is 470 g/mol. The maximum atomic E-state index is 13.6. The Morgan fingerprint density at radius 2 is 2.00 bits per heavy atom. The van der Waals surface area contributed by atoms with Crippen molar-refractivity contribution in [3.63, 3.8) is 0 Å². The van der Waals surface area contributed by atoms with Gasteiger partial charge in [0.25, 0.3) is 5.56 Å². The zero-order valence-corrected chi connectivity index (χ0v) is 20.0. The van der Waals surface area contributed by atoms with Crippen molar-refractivity contribution in [3.8, 4) is 5.75 Å². The van der Waals surface area contributed by atoms with Crippen molar-refractivity contribution in [1.82, 2.24) is 28.7 Å². The van der Waals surface area contributed by atoms with Gasteiger partial charge in [-0.2, -0.15) is 0 Å². The number of ether oxygens (including phenoxy) is 1. The largest absolute Gasteiger partial charge is 0.497 e. The van der Waals surface area contributed by atoms with Crippen molar-refractivity contribution in [3.05, 3.63) is 75.5 Å². The number of benzene rings is 1. The number of carbonyl (C=O) groups excluding carboxylic acids is 1. The highest BCUT2D eigenvalue weighted by Gasteiger charge is 2.23. The quantitative estimate of drug-likeness (QED) is 0.355. The molecule has 1 aromatic carbocycles. The van der Waals surface area contributed by atoms with Crippen LogP contribution in [-0.2, 0) is 32.0 Å². The molecule has 12 heteroatoms. The summed E-state index contributed by atoms with van der Waals surface area (Å²) in [6.07, 6.45) is 4.75. The summed E-state index contributed by atoms with van der Waals surface area (Å²) in [5, 5.41) is 0.506. The number of rotatable bonds is 6. The van der Waals surface area contributed by atoms with Crippen LogP contribution >= 0.6 is 11.3 Å².